The summed E-state index contributed by atoms with van der Waals surface area (Å²) >= 11 is 0. The number of hydrogen-bond donors (Lipinski definition) is 1. The predicted octanol–water partition coefficient (Wildman–Crippen LogP) is 3.43. The Kier molecular flexibility index (Phi) is 4.07. The van der Waals surface area contributed by atoms with Gasteiger partial charge in [-0.15, -0.1) is 0 Å². The molecule has 31 heavy (non-hydrogen) atoms. The van der Waals surface area contributed by atoms with E-state index in [-0.39, 0.29) is 5.60 Å². The number of pyridine rings is 1. The van der Waals surface area contributed by atoms with Gasteiger partial charge in [-0.1, -0.05) is 0 Å². The van der Waals surface area contributed by atoms with Crippen LogP contribution in [-0.2, 0) is 26.6 Å². The molecule has 0 unspecified atom stereocenters. The Labute approximate surface area is 183 Å². The van der Waals surface area contributed by atoms with Crippen LogP contribution in [0.25, 0.3) is 11.0 Å². The third-order valence-corrected chi connectivity index (χ3v) is 8.33. The molecule has 0 aromatic carbocycles. The molecule has 2 bridgehead atoms. The minimum Gasteiger partial charge on any atom is -0.390 e. The van der Waals surface area contributed by atoms with Gasteiger partial charge in [0.15, 0.2) is 5.65 Å². The molecule has 0 saturated heterocycles. The summed E-state index contributed by atoms with van der Waals surface area (Å²) in [5.74, 6) is 0. The predicted molar refractivity (Wildman–Crippen MR) is 120 cm³/mol. The van der Waals surface area contributed by atoms with E-state index < -0.39 is 0 Å². The van der Waals surface area contributed by atoms with Gasteiger partial charge < -0.3 is 10.0 Å². The van der Waals surface area contributed by atoms with Crippen LogP contribution in [0.3, 0.4) is 0 Å². The summed E-state index contributed by atoms with van der Waals surface area (Å²) in [4.78, 5) is 7.16. The van der Waals surface area contributed by atoms with E-state index in [9.17, 15) is 5.11 Å². The molecule has 4 aliphatic rings. The Morgan fingerprint density at radius 3 is 2.58 bits per heavy atom. The Balaban J connectivity index is 1.30. The number of hydrogen-bond acceptors (Lipinski definition) is 5. The maximum Gasteiger partial charge on any atom is 0.159 e. The van der Waals surface area contributed by atoms with E-state index in [1.165, 1.54) is 16.9 Å². The summed E-state index contributed by atoms with van der Waals surface area (Å²) < 4.78 is 4.19. The molecule has 0 atom stereocenters. The number of fused-ring (bicyclic) bond motifs is 5. The van der Waals surface area contributed by atoms with E-state index >= 15 is 0 Å². The second-order valence-electron chi connectivity index (χ2n) is 10.4. The first-order valence-corrected chi connectivity index (χ1v) is 11.7. The van der Waals surface area contributed by atoms with E-state index in [0.29, 0.717) is 5.41 Å². The summed E-state index contributed by atoms with van der Waals surface area (Å²) in [5, 5.41) is 21.2. The van der Waals surface area contributed by atoms with Gasteiger partial charge in [-0.25, -0.2) is 4.98 Å². The number of aryl methyl sites for hydroxylation is 3. The standard InChI is InChI=1S/C24H32N6O/c1-16-12-21(18-13-25-28(3)22(18)26-16)29-11-4-20-19(14-29)17(2)27-30(20)15-23-5-8-24(31,9-6-23)10-7-23/h12-13,31H,4-11,14-15H2,1-3H3. The van der Waals surface area contributed by atoms with Gasteiger partial charge in [0.05, 0.1) is 28.6 Å². The van der Waals surface area contributed by atoms with Crippen molar-refractivity contribution in [3.05, 3.63) is 34.9 Å². The average Bonchev–Trinajstić information content (AvgIpc) is 3.28. The molecule has 164 valence electrons. The fourth-order valence-corrected chi connectivity index (χ4v) is 6.28. The summed E-state index contributed by atoms with van der Waals surface area (Å²) in [5.41, 5.74) is 7.12. The van der Waals surface area contributed by atoms with Crippen molar-refractivity contribution in [3.8, 4) is 0 Å². The molecule has 3 aliphatic carbocycles. The van der Waals surface area contributed by atoms with Crippen molar-refractivity contribution in [2.45, 2.75) is 77.5 Å². The Hall–Kier alpha value is -2.41. The lowest BCUT2D eigenvalue weighted by Gasteiger charge is -2.51. The number of aromatic nitrogens is 5. The van der Waals surface area contributed by atoms with E-state index in [1.807, 2.05) is 17.9 Å². The van der Waals surface area contributed by atoms with Crippen LogP contribution in [0.4, 0.5) is 5.69 Å². The summed E-state index contributed by atoms with van der Waals surface area (Å²) in [6.07, 6.45) is 9.26. The van der Waals surface area contributed by atoms with Crippen LogP contribution in [0.2, 0.25) is 0 Å². The largest absolute Gasteiger partial charge is 0.390 e. The van der Waals surface area contributed by atoms with Crippen molar-refractivity contribution in [1.82, 2.24) is 24.5 Å². The maximum absolute atomic E-state index is 10.6. The molecule has 1 N–H and O–H groups in total. The van der Waals surface area contributed by atoms with Crippen molar-refractivity contribution in [2.75, 3.05) is 11.4 Å². The van der Waals surface area contributed by atoms with Crippen molar-refractivity contribution in [1.29, 1.82) is 0 Å². The quantitative estimate of drug-likeness (QED) is 0.703. The highest BCUT2D eigenvalue weighted by atomic mass is 16.3. The van der Waals surface area contributed by atoms with Gasteiger partial charge in [0.1, 0.15) is 0 Å². The first-order valence-electron chi connectivity index (χ1n) is 11.7. The molecule has 7 heteroatoms. The zero-order valence-corrected chi connectivity index (χ0v) is 18.9. The van der Waals surface area contributed by atoms with Gasteiger partial charge in [-0.2, -0.15) is 10.2 Å². The van der Waals surface area contributed by atoms with Gasteiger partial charge in [-0.3, -0.25) is 9.36 Å². The Bertz CT molecular complexity index is 1150. The van der Waals surface area contributed by atoms with Crippen LogP contribution in [0.1, 0.15) is 61.2 Å². The van der Waals surface area contributed by atoms with Crippen molar-refractivity contribution < 1.29 is 5.11 Å². The van der Waals surface area contributed by atoms with E-state index in [0.717, 1.165) is 87.0 Å². The summed E-state index contributed by atoms with van der Waals surface area (Å²) in [6.45, 7) is 7.11. The molecule has 4 heterocycles. The Morgan fingerprint density at radius 1 is 1.10 bits per heavy atom. The summed E-state index contributed by atoms with van der Waals surface area (Å²) in [7, 11) is 1.96. The number of nitrogens with zero attached hydrogens (tertiary/aromatic N) is 6. The molecule has 1 aliphatic heterocycles. The van der Waals surface area contributed by atoms with Gasteiger partial charge in [0, 0.05) is 50.1 Å². The van der Waals surface area contributed by atoms with E-state index in [2.05, 4.69) is 39.6 Å². The third-order valence-electron chi connectivity index (χ3n) is 8.33. The number of aliphatic hydroxyl groups is 1. The van der Waals surface area contributed by atoms with Crippen LogP contribution >= 0.6 is 0 Å². The zero-order chi connectivity index (χ0) is 21.4. The maximum atomic E-state index is 10.6. The van der Waals surface area contributed by atoms with Gasteiger partial charge in [0.2, 0.25) is 0 Å². The smallest absolute Gasteiger partial charge is 0.159 e. The summed E-state index contributed by atoms with van der Waals surface area (Å²) in [6, 6.07) is 2.19. The molecule has 3 fully saturated rings. The molecule has 3 aromatic rings. The van der Waals surface area contributed by atoms with Gasteiger partial charge in [0.25, 0.3) is 0 Å². The van der Waals surface area contributed by atoms with Crippen LogP contribution in [0.5, 0.6) is 0 Å². The number of rotatable bonds is 3. The first kappa shape index (κ1) is 19.3. The highest BCUT2D eigenvalue weighted by Crippen LogP contribution is 2.53. The van der Waals surface area contributed by atoms with Crippen molar-refractivity contribution >= 4 is 16.7 Å². The molecule has 0 amide bonds. The van der Waals surface area contributed by atoms with Crippen LogP contribution in [-0.4, -0.2) is 41.8 Å². The lowest BCUT2D eigenvalue weighted by molar-refractivity contribution is -0.0980. The van der Waals surface area contributed by atoms with E-state index in [1.54, 1.807) is 0 Å². The topological polar surface area (TPSA) is 72.0 Å². The van der Waals surface area contributed by atoms with Crippen LogP contribution < -0.4 is 4.90 Å². The average molecular weight is 421 g/mol. The molecule has 3 aromatic heterocycles. The monoisotopic (exact) mass is 420 g/mol. The molecule has 3 saturated carbocycles. The molecule has 7 rings (SSSR count). The lowest BCUT2D eigenvalue weighted by Crippen LogP contribution is -2.47. The first-order chi connectivity index (χ1) is 14.8. The van der Waals surface area contributed by atoms with Crippen LogP contribution in [0, 0.1) is 19.3 Å². The van der Waals surface area contributed by atoms with E-state index in [4.69, 9.17) is 5.10 Å². The van der Waals surface area contributed by atoms with Gasteiger partial charge >= 0.3 is 0 Å². The second kappa shape index (κ2) is 6.55. The minimum atomic E-state index is -0.373. The van der Waals surface area contributed by atoms with Gasteiger partial charge in [-0.05, 0) is 63.9 Å². The number of anilines is 1. The molecule has 0 spiro atoms. The minimum absolute atomic E-state index is 0.331. The molecular formula is C24H32N6O. The highest BCUT2D eigenvalue weighted by Gasteiger charge is 2.48. The molecular weight excluding hydrogens is 388 g/mol. The zero-order valence-electron chi connectivity index (χ0n) is 18.9. The highest BCUT2D eigenvalue weighted by molar-refractivity contribution is 5.89. The third kappa shape index (κ3) is 3.00. The fourth-order valence-electron chi connectivity index (χ4n) is 6.28. The Morgan fingerprint density at radius 2 is 1.84 bits per heavy atom. The fraction of sp³-hybridized carbons (Fsp3) is 0.625. The second-order valence-corrected chi connectivity index (χ2v) is 10.4. The SMILES string of the molecule is Cc1cc(N2CCc3c(c(C)nn3CC34CCC(O)(CC3)CC4)C2)c2cnn(C)c2n1. The normalized spacial score (nSPS) is 27.8. The lowest BCUT2D eigenvalue weighted by atomic mass is 9.58. The molecule has 0 radical (unpaired) electrons. The molecule has 7 nitrogen and oxygen atoms in total. The van der Waals surface area contributed by atoms with Crippen LogP contribution in [0.15, 0.2) is 12.3 Å². The van der Waals surface area contributed by atoms with Crippen molar-refractivity contribution in [3.63, 3.8) is 0 Å². The van der Waals surface area contributed by atoms with Crippen molar-refractivity contribution in [2.24, 2.45) is 12.5 Å².